The highest BCUT2D eigenvalue weighted by atomic mass is 32.1. The first-order chi connectivity index (χ1) is 10.6. The monoisotopic (exact) mass is 323 g/mol. The van der Waals surface area contributed by atoms with Gasteiger partial charge >= 0.3 is 6.09 Å². The van der Waals surface area contributed by atoms with E-state index in [-0.39, 0.29) is 18.8 Å². The standard InChI is InChI=1S/C15H21N3O3S/c1-20-13-9-18(14(16)22)8-7-12(13)17-15(19)21-10-11-5-3-2-4-6-11/h2-6,12-13H,7-10H2,1H3,(H2,16,22)(H,17,19)/t12-,13+/m1/s1. The number of carbonyl (C=O) groups is 1. The maximum Gasteiger partial charge on any atom is 0.407 e. The first-order valence-corrected chi connectivity index (χ1v) is 7.55. The van der Waals surface area contributed by atoms with Crippen LogP contribution in [0.4, 0.5) is 4.79 Å². The SMILES string of the molecule is CO[C@H]1CN(C(N)=S)CC[C@H]1NC(=O)OCc1ccccc1. The molecule has 1 amide bonds. The largest absolute Gasteiger partial charge is 0.445 e. The molecule has 0 radical (unpaired) electrons. The van der Waals surface area contributed by atoms with Crippen LogP contribution in [0.15, 0.2) is 30.3 Å². The molecule has 0 bridgehead atoms. The van der Waals surface area contributed by atoms with Gasteiger partial charge in [0.25, 0.3) is 0 Å². The lowest BCUT2D eigenvalue weighted by atomic mass is 10.0. The first kappa shape index (κ1) is 16.5. The number of nitrogens with two attached hydrogens (primary N) is 1. The molecule has 2 rings (SSSR count). The summed E-state index contributed by atoms with van der Waals surface area (Å²) in [5.74, 6) is 0. The van der Waals surface area contributed by atoms with Crippen molar-refractivity contribution in [2.75, 3.05) is 20.2 Å². The van der Waals surface area contributed by atoms with Crippen LogP contribution in [0.5, 0.6) is 0 Å². The van der Waals surface area contributed by atoms with Crippen molar-refractivity contribution in [1.82, 2.24) is 10.2 Å². The van der Waals surface area contributed by atoms with Gasteiger partial charge in [0, 0.05) is 20.2 Å². The molecule has 1 saturated heterocycles. The van der Waals surface area contributed by atoms with E-state index < -0.39 is 6.09 Å². The number of rotatable bonds is 4. The van der Waals surface area contributed by atoms with Crippen LogP contribution in [0.1, 0.15) is 12.0 Å². The lowest BCUT2D eigenvalue weighted by molar-refractivity contribution is 0.0240. The third-order valence-electron chi connectivity index (χ3n) is 3.69. The molecule has 1 aromatic rings. The number of hydrogen-bond donors (Lipinski definition) is 2. The molecule has 1 fully saturated rings. The molecule has 6 nitrogen and oxygen atoms in total. The average molecular weight is 323 g/mol. The number of carbonyl (C=O) groups excluding carboxylic acids is 1. The Bertz CT molecular complexity index is 512. The molecule has 3 N–H and O–H groups in total. The van der Waals surface area contributed by atoms with Crippen molar-refractivity contribution in [1.29, 1.82) is 0 Å². The molecule has 22 heavy (non-hydrogen) atoms. The minimum absolute atomic E-state index is 0.112. The fourth-order valence-electron chi connectivity index (χ4n) is 2.44. The molecule has 120 valence electrons. The Morgan fingerprint density at radius 3 is 2.82 bits per heavy atom. The number of likely N-dealkylation sites (tertiary alicyclic amines) is 1. The Morgan fingerprint density at radius 2 is 2.18 bits per heavy atom. The summed E-state index contributed by atoms with van der Waals surface area (Å²) < 4.78 is 10.6. The minimum atomic E-state index is -0.445. The molecule has 1 aliphatic heterocycles. The molecule has 1 heterocycles. The van der Waals surface area contributed by atoms with Crippen molar-refractivity contribution in [3.8, 4) is 0 Å². The average Bonchev–Trinajstić information content (AvgIpc) is 2.54. The molecule has 2 atom stereocenters. The van der Waals surface area contributed by atoms with E-state index in [1.165, 1.54) is 0 Å². The Balaban J connectivity index is 1.81. The fourth-order valence-corrected chi connectivity index (χ4v) is 2.60. The summed E-state index contributed by atoms with van der Waals surface area (Å²) in [7, 11) is 1.61. The van der Waals surface area contributed by atoms with Gasteiger partial charge in [0.05, 0.1) is 12.1 Å². The fraction of sp³-hybridized carbons (Fsp3) is 0.467. The molecule has 0 unspecified atom stereocenters. The number of thiocarbonyl (C=S) groups is 1. The molecular formula is C15H21N3O3S. The van der Waals surface area contributed by atoms with E-state index in [1.54, 1.807) is 7.11 Å². The quantitative estimate of drug-likeness (QED) is 0.812. The van der Waals surface area contributed by atoms with Crippen molar-refractivity contribution in [3.63, 3.8) is 0 Å². The number of alkyl carbamates (subject to hydrolysis) is 1. The van der Waals surface area contributed by atoms with Gasteiger partial charge in [-0.2, -0.15) is 0 Å². The normalized spacial score (nSPS) is 21.2. The van der Waals surface area contributed by atoms with E-state index in [9.17, 15) is 4.79 Å². The Labute approximate surface area is 135 Å². The predicted octanol–water partition coefficient (Wildman–Crippen LogP) is 1.25. The molecule has 0 spiro atoms. The molecule has 1 aromatic carbocycles. The van der Waals surface area contributed by atoms with E-state index in [4.69, 9.17) is 27.4 Å². The smallest absolute Gasteiger partial charge is 0.407 e. The Hall–Kier alpha value is -1.86. The maximum absolute atomic E-state index is 11.9. The summed E-state index contributed by atoms with van der Waals surface area (Å²) in [6.45, 7) is 1.50. The lowest BCUT2D eigenvalue weighted by Gasteiger charge is -2.38. The number of nitrogens with zero attached hydrogens (tertiary/aromatic N) is 1. The first-order valence-electron chi connectivity index (χ1n) is 7.14. The summed E-state index contributed by atoms with van der Waals surface area (Å²) in [5, 5.41) is 3.21. The summed E-state index contributed by atoms with van der Waals surface area (Å²) >= 11 is 4.97. The molecule has 0 aromatic heterocycles. The summed E-state index contributed by atoms with van der Waals surface area (Å²) in [4.78, 5) is 13.8. The number of methoxy groups -OCH3 is 1. The van der Waals surface area contributed by atoms with Crippen molar-refractivity contribution < 1.29 is 14.3 Å². The third-order valence-corrected chi connectivity index (χ3v) is 3.95. The van der Waals surface area contributed by atoms with E-state index in [0.29, 0.717) is 24.6 Å². The topological polar surface area (TPSA) is 76.8 Å². The summed E-state index contributed by atoms with van der Waals surface area (Å²) in [6.07, 6.45) is 0.0928. The van der Waals surface area contributed by atoms with Crippen LogP contribution in [0.3, 0.4) is 0 Å². The van der Waals surface area contributed by atoms with Crippen LogP contribution in [0, 0.1) is 0 Å². The lowest BCUT2D eigenvalue weighted by Crippen LogP contribution is -2.56. The number of amides is 1. The zero-order valence-electron chi connectivity index (χ0n) is 12.5. The predicted molar refractivity (Wildman–Crippen MR) is 87.3 cm³/mol. The molecule has 7 heteroatoms. The zero-order valence-corrected chi connectivity index (χ0v) is 13.3. The van der Waals surface area contributed by atoms with Gasteiger partial charge < -0.3 is 25.4 Å². The molecule has 0 saturated carbocycles. The second-order valence-electron chi connectivity index (χ2n) is 5.16. The van der Waals surface area contributed by atoms with Crippen LogP contribution < -0.4 is 11.1 Å². The van der Waals surface area contributed by atoms with Crippen molar-refractivity contribution in [3.05, 3.63) is 35.9 Å². The van der Waals surface area contributed by atoms with Gasteiger partial charge in [-0.15, -0.1) is 0 Å². The Morgan fingerprint density at radius 1 is 1.45 bits per heavy atom. The number of benzene rings is 1. The van der Waals surface area contributed by atoms with Crippen LogP contribution in [-0.4, -0.2) is 48.5 Å². The zero-order chi connectivity index (χ0) is 15.9. The number of nitrogens with one attached hydrogen (secondary N) is 1. The van der Waals surface area contributed by atoms with E-state index in [0.717, 1.165) is 5.56 Å². The van der Waals surface area contributed by atoms with Crippen LogP contribution in [0.25, 0.3) is 0 Å². The van der Waals surface area contributed by atoms with Crippen molar-refractivity contribution in [2.24, 2.45) is 5.73 Å². The number of hydrogen-bond acceptors (Lipinski definition) is 4. The summed E-state index contributed by atoms with van der Waals surface area (Å²) in [6, 6.07) is 9.44. The van der Waals surface area contributed by atoms with Gasteiger partial charge in [0.15, 0.2) is 5.11 Å². The van der Waals surface area contributed by atoms with Crippen LogP contribution in [-0.2, 0) is 16.1 Å². The molecular weight excluding hydrogens is 302 g/mol. The molecule has 0 aliphatic carbocycles. The number of ether oxygens (including phenoxy) is 2. The minimum Gasteiger partial charge on any atom is -0.445 e. The van der Waals surface area contributed by atoms with Crippen LogP contribution in [0.2, 0.25) is 0 Å². The van der Waals surface area contributed by atoms with Crippen molar-refractivity contribution in [2.45, 2.75) is 25.2 Å². The maximum atomic E-state index is 11.9. The van der Waals surface area contributed by atoms with Gasteiger partial charge in [-0.05, 0) is 24.2 Å². The van der Waals surface area contributed by atoms with Gasteiger partial charge in [0.1, 0.15) is 6.61 Å². The van der Waals surface area contributed by atoms with Gasteiger partial charge in [0.2, 0.25) is 0 Å². The van der Waals surface area contributed by atoms with E-state index in [1.807, 2.05) is 35.2 Å². The van der Waals surface area contributed by atoms with Crippen LogP contribution >= 0.6 is 12.2 Å². The third kappa shape index (κ3) is 4.57. The second kappa shape index (κ2) is 7.95. The Kier molecular flexibility index (Phi) is 5.97. The highest BCUT2D eigenvalue weighted by Gasteiger charge is 2.31. The highest BCUT2D eigenvalue weighted by molar-refractivity contribution is 7.80. The second-order valence-corrected chi connectivity index (χ2v) is 5.58. The van der Waals surface area contributed by atoms with E-state index in [2.05, 4.69) is 5.32 Å². The highest BCUT2D eigenvalue weighted by Crippen LogP contribution is 2.14. The van der Waals surface area contributed by atoms with Gasteiger partial charge in [-0.25, -0.2) is 4.79 Å². The van der Waals surface area contributed by atoms with Gasteiger partial charge in [-0.3, -0.25) is 0 Å². The number of piperidine rings is 1. The summed E-state index contributed by atoms with van der Waals surface area (Å²) in [5.41, 5.74) is 6.58. The van der Waals surface area contributed by atoms with E-state index >= 15 is 0 Å². The van der Waals surface area contributed by atoms with Crippen molar-refractivity contribution >= 4 is 23.4 Å². The van der Waals surface area contributed by atoms with Gasteiger partial charge in [-0.1, -0.05) is 30.3 Å². The molecule has 1 aliphatic rings.